The minimum Gasteiger partial charge on any atom is -0.324 e. The third-order valence-corrected chi connectivity index (χ3v) is 4.54. The summed E-state index contributed by atoms with van der Waals surface area (Å²) in [5, 5.41) is 0.852. The maximum atomic E-state index is 6.26. The van der Waals surface area contributed by atoms with Crippen LogP contribution in [0.2, 0.25) is 5.02 Å². The summed E-state index contributed by atoms with van der Waals surface area (Å²) in [4.78, 5) is 0. The Morgan fingerprint density at radius 1 is 1.05 bits per heavy atom. The average Bonchev–Trinajstić information content (AvgIpc) is 2.43. The van der Waals surface area contributed by atoms with Crippen molar-refractivity contribution >= 4 is 11.6 Å². The van der Waals surface area contributed by atoms with Crippen molar-refractivity contribution in [3.05, 3.63) is 69.7 Å². The van der Waals surface area contributed by atoms with Crippen LogP contribution in [0.1, 0.15) is 47.1 Å². The Morgan fingerprint density at radius 2 is 1.79 bits per heavy atom. The number of hydrogen-bond acceptors (Lipinski definition) is 1. The summed E-state index contributed by atoms with van der Waals surface area (Å²) in [6.45, 7) is 2.04. The second-order valence-corrected chi connectivity index (χ2v) is 5.78. The zero-order valence-corrected chi connectivity index (χ0v) is 11.8. The van der Waals surface area contributed by atoms with Crippen molar-refractivity contribution < 1.29 is 0 Å². The Bertz CT molecular complexity index is 606. The van der Waals surface area contributed by atoms with E-state index in [1.54, 1.807) is 0 Å². The third-order valence-electron chi connectivity index (χ3n) is 4.14. The van der Waals surface area contributed by atoms with Gasteiger partial charge < -0.3 is 5.73 Å². The van der Waals surface area contributed by atoms with E-state index >= 15 is 0 Å². The van der Waals surface area contributed by atoms with Gasteiger partial charge in [-0.3, -0.25) is 0 Å². The highest BCUT2D eigenvalue weighted by Gasteiger charge is 2.25. The molecule has 0 aliphatic heterocycles. The Balaban J connectivity index is 2.07. The van der Waals surface area contributed by atoms with Crippen molar-refractivity contribution in [2.24, 2.45) is 5.73 Å². The number of hydrogen-bond donors (Lipinski definition) is 1. The molecule has 0 amide bonds. The zero-order valence-electron chi connectivity index (χ0n) is 11.1. The highest BCUT2D eigenvalue weighted by atomic mass is 35.5. The summed E-state index contributed by atoms with van der Waals surface area (Å²) in [5.74, 6) is 0.425. The predicted octanol–water partition coefficient (Wildman–Crippen LogP) is 4.57. The van der Waals surface area contributed by atoms with Crippen molar-refractivity contribution in [2.45, 2.75) is 31.7 Å². The molecule has 0 saturated heterocycles. The van der Waals surface area contributed by atoms with E-state index in [0.29, 0.717) is 5.92 Å². The van der Waals surface area contributed by atoms with Gasteiger partial charge in [0.05, 0.1) is 0 Å². The quantitative estimate of drug-likeness (QED) is 0.808. The first-order valence-electron chi connectivity index (χ1n) is 6.77. The van der Waals surface area contributed by atoms with Crippen molar-refractivity contribution in [3.63, 3.8) is 0 Å². The van der Waals surface area contributed by atoms with E-state index in [1.807, 2.05) is 6.92 Å². The van der Waals surface area contributed by atoms with Crippen LogP contribution in [0, 0.1) is 6.92 Å². The summed E-state index contributed by atoms with van der Waals surface area (Å²) >= 11 is 6.26. The molecular weight excluding hydrogens is 254 g/mol. The maximum Gasteiger partial charge on any atom is 0.0438 e. The fourth-order valence-electron chi connectivity index (χ4n) is 3.00. The van der Waals surface area contributed by atoms with Gasteiger partial charge in [0.2, 0.25) is 0 Å². The van der Waals surface area contributed by atoms with E-state index in [4.69, 9.17) is 17.3 Å². The van der Waals surface area contributed by atoms with Crippen LogP contribution in [0.15, 0.2) is 42.5 Å². The van der Waals surface area contributed by atoms with E-state index in [2.05, 4.69) is 42.5 Å². The number of benzene rings is 2. The summed E-state index contributed by atoms with van der Waals surface area (Å²) in [6.07, 6.45) is 2.13. The molecule has 0 fully saturated rings. The van der Waals surface area contributed by atoms with Crippen LogP contribution in [0.25, 0.3) is 0 Å². The van der Waals surface area contributed by atoms with Gasteiger partial charge in [-0.2, -0.15) is 0 Å². The number of halogens is 1. The molecule has 0 unspecified atom stereocenters. The van der Waals surface area contributed by atoms with Crippen molar-refractivity contribution in [3.8, 4) is 0 Å². The lowest BCUT2D eigenvalue weighted by atomic mass is 9.77. The minimum absolute atomic E-state index is 0.174. The van der Waals surface area contributed by atoms with Gasteiger partial charge in [0.15, 0.2) is 0 Å². The molecule has 1 nitrogen and oxygen atoms in total. The fraction of sp³-hybridized carbons (Fsp3) is 0.294. The molecule has 1 aliphatic carbocycles. The normalized spacial score (nSPS) is 22.1. The summed E-state index contributed by atoms with van der Waals surface area (Å²) in [7, 11) is 0. The number of aryl methyl sites for hydroxylation is 1. The smallest absolute Gasteiger partial charge is 0.0438 e. The molecule has 2 aromatic carbocycles. The summed E-state index contributed by atoms with van der Waals surface area (Å²) in [5.41, 5.74) is 11.3. The molecule has 0 heterocycles. The monoisotopic (exact) mass is 271 g/mol. The highest BCUT2D eigenvalue weighted by molar-refractivity contribution is 6.31. The molecule has 0 aromatic heterocycles. The lowest BCUT2D eigenvalue weighted by Crippen LogP contribution is -2.21. The topological polar surface area (TPSA) is 26.0 Å². The average molecular weight is 272 g/mol. The zero-order chi connectivity index (χ0) is 13.4. The molecule has 3 rings (SSSR count). The molecule has 98 valence electrons. The number of fused-ring (bicyclic) bond motifs is 1. The van der Waals surface area contributed by atoms with Crippen LogP contribution in [0.3, 0.4) is 0 Å². The van der Waals surface area contributed by atoms with Crippen LogP contribution in [-0.4, -0.2) is 0 Å². The largest absolute Gasteiger partial charge is 0.324 e. The van der Waals surface area contributed by atoms with Crippen LogP contribution < -0.4 is 5.73 Å². The molecule has 2 heteroatoms. The first kappa shape index (κ1) is 12.7. The SMILES string of the molecule is Cc1ccc([C@@H]2CC[C@@H](N)c3ccccc32)cc1Cl. The van der Waals surface area contributed by atoms with E-state index in [9.17, 15) is 0 Å². The molecule has 2 atom stereocenters. The Labute approximate surface area is 119 Å². The van der Waals surface area contributed by atoms with Crippen molar-refractivity contribution in [2.75, 3.05) is 0 Å². The van der Waals surface area contributed by atoms with E-state index in [1.165, 1.54) is 16.7 Å². The minimum atomic E-state index is 0.174. The third kappa shape index (κ3) is 2.29. The molecular formula is C17H18ClN. The standard InChI is InChI=1S/C17H18ClN/c1-11-6-7-12(10-16(11)18)13-8-9-17(19)15-5-3-2-4-14(13)15/h2-7,10,13,17H,8-9,19H2,1H3/t13-,17+/m0/s1. The molecule has 0 spiro atoms. The van der Waals surface area contributed by atoms with Gasteiger partial charge in [-0.25, -0.2) is 0 Å². The Kier molecular flexibility index (Phi) is 3.34. The van der Waals surface area contributed by atoms with Gasteiger partial charge in [-0.15, -0.1) is 0 Å². The Morgan fingerprint density at radius 3 is 2.53 bits per heavy atom. The Hall–Kier alpha value is -1.31. The van der Waals surface area contributed by atoms with Crippen molar-refractivity contribution in [1.82, 2.24) is 0 Å². The summed E-state index contributed by atoms with van der Waals surface area (Å²) in [6, 6.07) is 15.1. The molecule has 0 bridgehead atoms. The first-order chi connectivity index (χ1) is 9.16. The molecule has 2 N–H and O–H groups in total. The van der Waals surface area contributed by atoms with Crippen LogP contribution in [0.4, 0.5) is 0 Å². The van der Waals surface area contributed by atoms with Gasteiger partial charge in [-0.1, -0.05) is 48.0 Å². The second-order valence-electron chi connectivity index (χ2n) is 5.37. The van der Waals surface area contributed by atoms with Gasteiger partial charge in [0.25, 0.3) is 0 Å². The highest BCUT2D eigenvalue weighted by Crippen LogP contribution is 2.40. The van der Waals surface area contributed by atoms with E-state index in [0.717, 1.165) is 23.4 Å². The molecule has 1 aliphatic rings. The maximum absolute atomic E-state index is 6.26. The van der Waals surface area contributed by atoms with E-state index in [-0.39, 0.29) is 6.04 Å². The van der Waals surface area contributed by atoms with Crippen LogP contribution >= 0.6 is 11.6 Å². The van der Waals surface area contributed by atoms with Gasteiger partial charge >= 0.3 is 0 Å². The lowest BCUT2D eigenvalue weighted by Gasteiger charge is -2.30. The van der Waals surface area contributed by atoms with Gasteiger partial charge in [0.1, 0.15) is 0 Å². The molecule has 19 heavy (non-hydrogen) atoms. The fourth-order valence-corrected chi connectivity index (χ4v) is 3.18. The van der Waals surface area contributed by atoms with Crippen LogP contribution in [0.5, 0.6) is 0 Å². The van der Waals surface area contributed by atoms with Gasteiger partial charge in [-0.05, 0) is 48.1 Å². The second kappa shape index (κ2) is 4.99. The first-order valence-corrected chi connectivity index (χ1v) is 7.15. The van der Waals surface area contributed by atoms with E-state index < -0.39 is 0 Å². The predicted molar refractivity (Wildman–Crippen MR) is 80.6 cm³/mol. The molecule has 2 aromatic rings. The van der Waals surface area contributed by atoms with Crippen LogP contribution in [-0.2, 0) is 0 Å². The molecule has 0 saturated carbocycles. The lowest BCUT2D eigenvalue weighted by molar-refractivity contribution is 0.530. The number of nitrogens with two attached hydrogens (primary N) is 1. The number of rotatable bonds is 1. The van der Waals surface area contributed by atoms with Gasteiger partial charge in [0, 0.05) is 17.0 Å². The summed E-state index contributed by atoms with van der Waals surface area (Å²) < 4.78 is 0. The van der Waals surface area contributed by atoms with Crippen molar-refractivity contribution in [1.29, 1.82) is 0 Å². The molecule has 0 radical (unpaired) electrons.